The minimum Gasteiger partial charge on any atom is -0.378 e. The molecule has 0 bridgehead atoms. The van der Waals surface area contributed by atoms with Crippen LogP contribution in [-0.2, 0) is 11.2 Å². The Labute approximate surface area is 141 Å². The van der Waals surface area contributed by atoms with Crippen molar-refractivity contribution in [2.75, 3.05) is 36.3 Å². The lowest BCUT2D eigenvalue weighted by molar-refractivity contribution is -0.118. The van der Waals surface area contributed by atoms with Gasteiger partial charge in [0.2, 0.25) is 5.91 Å². The number of nitrogens with one attached hydrogen (secondary N) is 1. The zero-order valence-corrected chi connectivity index (χ0v) is 14.2. The third-order valence-electron chi connectivity index (χ3n) is 4.31. The lowest BCUT2D eigenvalue weighted by Crippen LogP contribution is -2.31. The zero-order valence-electron chi connectivity index (χ0n) is 14.2. The maximum atomic E-state index is 12.5. The fourth-order valence-electron chi connectivity index (χ4n) is 2.86. The predicted molar refractivity (Wildman–Crippen MR) is 96.9 cm³/mol. The van der Waals surface area contributed by atoms with Crippen LogP contribution < -0.4 is 15.1 Å². The number of anilines is 3. The van der Waals surface area contributed by atoms with Crippen LogP contribution >= 0.6 is 0 Å². The SMILES string of the molecule is CN(C)c1cccc(C(=O)Nc2ccc3c(c2)CCC(=O)N3C)c1. The molecule has 0 saturated heterocycles. The number of rotatable bonds is 3. The zero-order chi connectivity index (χ0) is 17.3. The van der Waals surface area contributed by atoms with E-state index in [-0.39, 0.29) is 11.8 Å². The molecule has 0 fully saturated rings. The van der Waals surface area contributed by atoms with Crippen LogP contribution in [0.5, 0.6) is 0 Å². The van der Waals surface area contributed by atoms with Crippen molar-refractivity contribution in [1.82, 2.24) is 0 Å². The summed E-state index contributed by atoms with van der Waals surface area (Å²) in [5.74, 6) is -0.0151. The Morgan fingerprint density at radius 3 is 2.67 bits per heavy atom. The highest BCUT2D eigenvalue weighted by Gasteiger charge is 2.21. The summed E-state index contributed by atoms with van der Waals surface area (Å²) in [6.45, 7) is 0. The fraction of sp³-hybridized carbons (Fsp3) is 0.263. The number of carbonyl (C=O) groups is 2. The minimum absolute atomic E-state index is 0.125. The number of benzene rings is 2. The number of nitrogens with zero attached hydrogens (tertiary/aromatic N) is 2. The lowest BCUT2D eigenvalue weighted by atomic mass is 10.0. The summed E-state index contributed by atoms with van der Waals surface area (Å²) in [6, 6.07) is 13.2. The summed E-state index contributed by atoms with van der Waals surface area (Å²) in [7, 11) is 5.67. The van der Waals surface area contributed by atoms with Gasteiger partial charge in [0, 0.05) is 50.2 Å². The first-order chi connectivity index (χ1) is 11.5. The molecule has 0 aliphatic carbocycles. The molecule has 0 aromatic heterocycles. The van der Waals surface area contributed by atoms with Crippen LogP contribution in [0, 0.1) is 0 Å². The molecule has 0 atom stereocenters. The highest BCUT2D eigenvalue weighted by Crippen LogP contribution is 2.29. The monoisotopic (exact) mass is 323 g/mol. The summed E-state index contributed by atoms with van der Waals surface area (Å²) in [5.41, 5.74) is 4.34. The van der Waals surface area contributed by atoms with Gasteiger partial charge in [0.25, 0.3) is 5.91 Å². The fourth-order valence-corrected chi connectivity index (χ4v) is 2.86. The molecule has 0 spiro atoms. The Balaban J connectivity index is 1.80. The van der Waals surface area contributed by atoms with Crippen molar-refractivity contribution < 1.29 is 9.59 Å². The molecule has 24 heavy (non-hydrogen) atoms. The van der Waals surface area contributed by atoms with E-state index in [1.165, 1.54) is 0 Å². The van der Waals surface area contributed by atoms with Crippen LogP contribution in [0.15, 0.2) is 42.5 Å². The molecule has 1 N–H and O–H groups in total. The standard InChI is InChI=1S/C19H21N3O2/c1-21(2)16-6-4-5-14(12-16)19(24)20-15-8-9-17-13(11-15)7-10-18(23)22(17)3/h4-6,8-9,11-12H,7,10H2,1-3H3,(H,20,24). The number of carbonyl (C=O) groups excluding carboxylic acids is 2. The van der Waals surface area contributed by atoms with Crippen molar-refractivity contribution in [3.05, 3.63) is 53.6 Å². The average Bonchev–Trinajstić information content (AvgIpc) is 2.58. The van der Waals surface area contributed by atoms with E-state index in [9.17, 15) is 9.59 Å². The van der Waals surface area contributed by atoms with Gasteiger partial charge in [0.1, 0.15) is 0 Å². The molecule has 1 aliphatic heterocycles. The summed E-state index contributed by atoms with van der Waals surface area (Å²) in [6.07, 6.45) is 1.21. The smallest absolute Gasteiger partial charge is 0.255 e. The molecule has 3 rings (SSSR count). The van der Waals surface area contributed by atoms with Crippen molar-refractivity contribution in [3.63, 3.8) is 0 Å². The van der Waals surface area contributed by atoms with Gasteiger partial charge in [-0.2, -0.15) is 0 Å². The molecule has 1 aliphatic rings. The Kier molecular flexibility index (Phi) is 4.25. The molecule has 5 nitrogen and oxygen atoms in total. The Bertz CT molecular complexity index is 799. The van der Waals surface area contributed by atoms with E-state index in [1.54, 1.807) is 18.0 Å². The van der Waals surface area contributed by atoms with Crippen molar-refractivity contribution in [2.45, 2.75) is 12.8 Å². The molecule has 0 radical (unpaired) electrons. The Morgan fingerprint density at radius 1 is 1.12 bits per heavy atom. The second-order valence-corrected chi connectivity index (χ2v) is 6.20. The molecule has 124 valence electrons. The first-order valence-electron chi connectivity index (χ1n) is 7.94. The lowest BCUT2D eigenvalue weighted by Gasteiger charge is -2.26. The van der Waals surface area contributed by atoms with Crippen molar-refractivity contribution in [1.29, 1.82) is 0 Å². The maximum absolute atomic E-state index is 12.5. The van der Waals surface area contributed by atoms with Crippen molar-refractivity contribution in [2.24, 2.45) is 0 Å². The van der Waals surface area contributed by atoms with E-state index in [1.807, 2.05) is 55.4 Å². The van der Waals surface area contributed by atoms with Crippen LogP contribution in [0.3, 0.4) is 0 Å². The second kappa shape index (κ2) is 6.35. The van der Waals surface area contributed by atoms with Gasteiger partial charge in [0.05, 0.1) is 0 Å². The normalized spacial score (nSPS) is 13.5. The van der Waals surface area contributed by atoms with Gasteiger partial charge >= 0.3 is 0 Å². The minimum atomic E-state index is -0.140. The molecule has 0 unspecified atom stereocenters. The molecule has 2 amide bonds. The largest absolute Gasteiger partial charge is 0.378 e. The maximum Gasteiger partial charge on any atom is 0.255 e. The van der Waals surface area contributed by atoms with Crippen LogP contribution in [0.25, 0.3) is 0 Å². The topological polar surface area (TPSA) is 52.7 Å². The number of amides is 2. The molecule has 2 aromatic rings. The first-order valence-corrected chi connectivity index (χ1v) is 7.94. The summed E-state index contributed by atoms with van der Waals surface area (Å²) >= 11 is 0. The Hall–Kier alpha value is -2.82. The van der Waals surface area contributed by atoms with E-state index in [4.69, 9.17) is 0 Å². The number of fused-ring (bicyclic) bond motifs is 1. The first kappa shape index (κ1) is 16.1. The van der Waals surface area contributed by atoms with Crippen LogP contribution in [-0.4, -0.2) is 33.0 Å². The Morgan fingerprint density at radius 2 is 1.92 bits per heavy atom. The van der Waals surface area contributed by atoms with Gasteiger partial charge in [-0.1, -0.05) is 6.07 Å². The third kappa shape index (κ3) is 3.11. The van der Waals surface area contributed by atoms with E-state index >= 15 is 0 Å². The highest BCUT2D eigenvalue weighted by atomic mass is 16.2. The molecule has 1 heterocycles. The summed E-state index contributed by atoms with van der Waals surface area (Å²) in [4.78, 5) is 27.9. The van der Waals surface area contributed by atoms with E-state index in [0.717, 1.165) is 22.6 Å². The van der Waals surface area contributed by atoms with Gasteiger partial charge in [-0.05, 0) is 48.4 Å². The van der Waals surface area contributed by atoms with Gasteiger partial charge in [-0.3, -0.25) is 9.59 Å². The van der Waals surface area contributed by atoms with Crippen LogP contribution in [0.2, 0.25) is 0 Å². The summed E-state index contributed by atoms with van der Waals surface area (Å²) < 4.78 is 0. The van der Waals surface area contributed by atoms with Crippen LogP contribution in [0.1, 0.15) is 22.3 Å². The van der Waals surface area contributed by atoms with Gasteiger partial charge in [-0.25, -0.2) is 0 Å². The molecular formula is C19H21N3O2. The molecular weight excluding hydrogens is 302 g/mol. The third-order valence-corrected chi connectivity index (χ3v) is 4.31. The van der Waals surface area contributed by atoms with E-state index in [2.05, 4.69) is 5.32 Å². The highest BCUT2D eigenvalue weighted by molar-refractivity contribution is 6.05. The quantitative estimate of drug-likeness (QED) is 0.945. The second-order valence-electron chi connectivity index (χ2n) is 6.20. The van der Waals surface area contributed by atoms with Crippen molar-refractivity contribution in [3.8, 4) is 0 Å². The van der Waals surface area contributed by atoms with Gasteiger partial charge in [-0.15, -0.1) is 0 Å². The van der Waals surface area contributed by atoms with Gasteiger partial charge < -0.3 is 15.1 Å². The number of aryl methyl sites for hydroxylation is 1. The van der Waals surface area contributed by atoms with Crippen molar-refractivity contribution >= 4 is 28.9 Å². The van der Waals surface area contributed by atoms with Crippen LogP contribution in [0.4, 0.5) is 17.1 Å². The molecule has 2 aromatic carbocycles. The van der Waals surface area contributed by atoms with Gasteiger partial charge in [0.15, 0.2) is 0 Å². The number of hydrogen-bond acceptors (Lipinski definition) is 3. The number of hydrogen-bond donors (Lipinski definition) is 1. The molecule has 5 heteroatoms. The predicted octanol–water partition coefficient (Wildman–Crippen LogP) is 2.91. The average molecular weight is 323 g/mol. The molecule has 0 saturated carbocycles. The van der Waals surface area contributed by atoms with E-state index < -0.39 is 0 Å². The summed E-state index contributed by atoms with van der Waals surface area (Å²) in [5, 5.41) is 2.94. The van der Waals surface area contributed by atoms with E-state index in [0.29, 0.717) is 18.4 Å².